The summed E-state index contributed by atoms with van der Waals surface area (Å²) >= 11 is 3.42. The summed E-state index contributed by atoms with van der Waals surface area (Å²) < 4.78 is 0.931. The molecule has 1 saturated heterocycles. The quantitative estimate of drug-likeness (QED) is 0.546. The lowest BCUT2D eigenvalue weighted by Gasteiger charge is -2.36. The van der Waals surface area contributed by atoms with E-state index >= 15 is 0 Å². The summed E-state index contributed by atoms with van der Waals surface area (Å²) in [6, 6.07) is 5.81. The molecule has 0 unspecified atom stereocenters. The summed E-state index contributed by atoms with van der Waals surface area (Å²) in [5, 5.41) is 6.21. The maximum atomic E-state index is 12.2. The van der Waals surface area contributed by atoms with Gasteiger partial charge in [0.25, 0.3) is 0 Å². The van der Waals surface area contributed by atoms with Crippen molar-refractivity contribution in [2.24, 2.45) is 4.99 Å². The van der Waals surface area contributed by atoms with Crippen LogP contribution in [0.2, 0.25) is 0 Å². The number of anilines is 1. The first-order chi connectivity index (χ1) is 12.9. The monoisotopic (exact) mass is 437 g/mol. The number of rotatable bonds is 5. The van der Waals surface area contributed by atoms with Gasteiger partial charge in [-0.1, -0.05) is 22.0 Å². The van der Waals surface area contributed by atoms with Crippen LogP contribution in [0.3, 0.4) is 0 Å². The van der Waals surface area contributed by atoms with Crippen LogP contribution in [0.5, 0.6) is 0 Å². The van der Waals surface area contributed by atoms with Crippen LogP contribution in [0.4, 0.5) is 5.69 Å². The Hall–Kier alpha value is -2.09. The predicted molar refractivity (Wildman–Crippen MR) is 112 cm³/mol. The highest BCUT2D eigenvalue weighted by Gasteiger charge is 2.20. The lowest BCUT2D eigenvalue weighted by atomic mass is 10.2. The predicted octanol–water partition coefficient (Wildman–Crippen LogP) is 2.22. The molecule has 0 aliphatic carbocycles. The molecule has 2 rings (SSSR count). The molecule has 2 N–H and O–H groups in total. The Morgan fingerprint density at radius 1 is 1.19 bits per heavy atom. The number of aryl methyl sites for hydroxylation is 1. The van der Waals surface area contributed by atoms with Gasteiger partial charge in [-0.15, -0.1) is 0 Å². The fourth-order valence-electron chi connectivity index (χ4n) is 2.86. The van der Waals surface area contributed by atoms with Gasteiger partial charge in [0.1, 0.15) is 0 Å². The number of hydrogen-bond donors (Lipinski definition) is 2. The molecule has 1 aliphatic rings. The number of guanidine groups is 1. The minimum atomic E-state index is -0.0582. The average molecular weight is 438 g/mol. The van der Waals surface area contributed by atoms with Crippen molar-refractivity contribution in [3.05, 3.63) is 28.2 Å². The normalized spacial score (nSPS) is 14.9. The number of benzene rings is 1. The third-order valence-corrected chi connectivity index (χ3v) is 4.93. The molecular weight excluding hydrogens is 410 g/mol. The van der Waals surface area contributed by atoms with Gasteiger partial charge in [0.2, 0.25) is 11.8 Å². The number of nitrogens with zero attached hydrogens (tertiary/aromatic N) is 3. The Morgan fingerprint density at radius 3 is 2.48 bits per heavy atom. The number of piperazine rings is 1. The largest absolute Gasteiger partial charge is 0.357 e. The molecule has 27 heavy (non-hydrogen) atoms. The highest BCUT2D eigenvalue weighted by molar-refractivity contribution is 9.10. The fraction of sp³-hybridized carbons (Fsp3) is 0.526. The Bertz CT molecular complexity index is 699. The van der Waals surface area contributed by atoms with Gasteiger partial charge in [-0.25, -0.2) is 0 Å². The second-order valence-corrected chi connectivity index (χ2v) is 7.40. The van der Waals surface area contributed by atoms with Gasteiger partial charge in [0.05, 0.1) is 6.54 Å². The summed E-state index contributed by atoms with van der Waals surface area (Å²) in [7, 11) is 0. The minimum Gasteiger partial charge on any atom is -0.357 e. The van der Waals surface area contributed by atoms with Crippen LogP contribution >= 0.6 is 15.9 Å². The first-order valence-electron chi connectivity index (χ1n) is 9.25. The van der Waals surface area contributed by atoms with Crippen molar-refractivity contribution in [3.8, 4) is 0 Å². The summed E-state index contributed by atoms with van der Waals surface area (Å²) in [4.78, 5) is 32.3. The first-order valence-corrected chi connectivity index (χ1v) is 10.0. The second kappa shape index (κ2) is 10.3. The van der Waals surface area contributed by atoms with Crippen LogP contribution in [0.15, 0.2) is 27.7 Å². The van der Waals surface area contributed by atoms with Crippen molar-refractivity contribution in [3.63, 3.8) is 0 Å². The lowest BCUT2D eigenvalue weighted by molar-refractivity contribution is -0.130. The molecule has 2 amide bonds. The minimum absolute atomic E-state index is 0.0582. The van der Waals surface area contributed by atoms with Crippen molar-refractivity contribution < 1.29 is 9.59 Å². The second-order valence-electron chi connectivity index (χ2n) is 6.49. The zero-order valence-electron chi connectivity index (χ0n) is 16.2. The molecule has 1 heterocycles. The topological polar surface area (TPSA) is 77.0 Å². The Kier molecular flexibility index (Phi) is 8.09. The zero-order valence-corrected chi connectivity index (χ0v) is 17.8. The van der Waals surface area contributed by atoms with Crippen molar-refractivity contribution in [1.29, 1.82) is 0 Å². The van der Waals surface area contributed by atoms with Gasteiger partial charge >= 0.3 is 0 Å². The SMILES string of the molecule is CCNC(=NCCC(=O)Nc1cc(Br)ccc1C)N1CCN(C(C)=O)CC1. The highest BCUT2D eigenvalue weighted by Crippen LogP contribution is 2.20. The molecule has 7 nitrogen and oxygen atoms in total. The van der Waals surface area contributed by atoms with Crippen molar-refractivity contribution in [2.75, 3.05) is 44.6 Å². The molecule has 1 fully saturated rings. The van der Waals surface area contributed by atoms with E-state index in [4.69, 9.17) is 0 Å². The maximum absolute atomic E-state index is 12.2. The molecule has 0 bridgehead atoms. The summed E-state index contributed by atoms with van der Waals surface area (Å²) in [6.07, 6.45) is 0.314. The Labute approximate surface area is 169 Å². The Balaban J connectivity index is 1.88. The van der Waals surface area contributed by atoms with Gasteiger partial charge in [-0.3, -0.25) is 14.6 Å². The lowest BCUT2D eigenvalue weighted by Crippen LogP contribution is -2.53. The van der Waals surface area contributed by atoms with Crippen molar-refractivity contribution in [1.82, 2.24) is 15.1 Å². The molecule has 8 heteroatoms. The average Bonchev–Trinajstić information content (AvgIpc) is 2.64. The summed E-state index contributed by atoms with van der Waals surface area (Å²) in [5.41, 5.74) is 1.83. The standard InChI is InChI=1S/C19H28BrN5O2/c1-4-21-19(25-11-9-24(10-12-25)15(3)26)22-8-7-18(27)23-17-13-16(20)6-5-14(17)2/h5-6,13H,4,7-12H2,1-3H3,(H,21,22)(H,23,27). The number of amides is 2. The van der Waals surface area contributed by atoms with E-state index in [9.17, 15) is 9.59 Å². The molecular formula is C19H28BrN5O2. The van der Waals surface area contributed by atoms with Gasteiger partial charge in [0.15, 0.2) is 5.96 Å². The van der Waals surface area contributed by atoms with E-state index in [0.717, 1.165) is 41.3 Å². The van der Waals surface area contributed by atoms with Gasteiger partial charge in [-0.05, 0) is 31.5 Å². The van der Waals surface area contributed by atoms with E-state index in [1.54, 1.807) is 6.92 Å². The molecule has 0 atom stereocenters. The summed E-state index contributed by atoms with van der Waals surface area (Å²) in [5.74, 6) is 0.848. The van der Waals surface area contributed by atoms with E-state index in [-0.39, 0.29) is 11.8 Å². The molecule has 0 saturated carbocycles. The molecule has 0 radical (unpaired) electrons. The third-order valence-electron chi connectivity index (χ3n) is 4.43. The van der Waals surface area contributed by atoms with Gasteiger partial charge < -0.3 is 20.4 Å². The molecule has 0 aromatic heterocycles. The Morgan fingerprint density at radius 2 is 1.85 bits per heavy atom. The smallest absolute Gasteiger partial charge is 0.226 e. The summed E-state index contributed by atoms with van der Waals surface area (Å²) in [6.45, 7) is 9.63. The van der Waals surface area contributed by atoms with Crippen LogP contribution in [0.25, 0.3) is 0 Å². The first kappa shape index (κ1) is 21.2. The number of hydrogen-bond acceptors (Lipinski definition) is 3. The maximum Gasteiger partial charge on any atom is 0.226 e. The molecule has 148 valence electrons. The number of carbonyl (C=O) groups is 2. The number of nitrogens with one attached hydrogen (secondary N) is 2. The van der Waals surface area contributed by atoms with Crippen molar-refractivity contribution in [2.45, 2.75) is 27.2 Å². The van der Waals surface area contributed by atoms with E-state index in [1.165, 1.54) is 0 Å². The third kappa shape index (κ3) is 6.53. The number of halogens is 1. The van der Waals surface area contributed by atoms with E-state index in [2.05, 4.69) is 36.5 Å². The number of aliphatic imine (C=N–C) groups is 1. The number of carbonyl (C=O) groups excluding carboxylic acids is 2. The molecule has 1 aliphatic heterocycles. The van der Waals surface area contributed by atoms with Crippen LogP contribution in [-0.2, 0) is 9.59 Å². The van der Waals surface area contributed by atoms with Gasteiger partial charge in [0, 0.05) is 56.2 Å². The van der Waals surface area contributed by atoms with Crippen LogP contribution in [-0.4, -0.2) is 66.8 Å². The van der Waals surface area contributed by atoms with Crippen LogP contribution < -0.4 is 10.6 Å². The van der Waals surface area contributed by atoms with Crippen LogP contribution in [0.1, 0.15) is 25.8 Å². The van der Waals surface area contributed by atoms with E-state index in [0.29, 0.717) is 26.1 Å². The highest BCUT2D eigenvalue weighted by atomic mass is 79.9. The molecule has 1 aromatic carbocycles. The zero-order chi connectivity index (χ0) is 19.8. The van der Waals surface area contributed by atoms with Gasteiger partial charge in [-0.2, -0.15) is 0 Å². The molecule has 1 aromatic rings. The van der Waals surface area contributed by atoms with Crippen molar-refractivity contribution >= 4 is 39.4 Å². The molecule has 0 spiro atoms. The fourth-order valence-corrected chi connectivity index (χ4v) is 3.22. The van der Waals surface area contributed by atoms with E-state index in [1.807, 2.05) is 36.9 Å². The van der Waals surface area contributed by atoms with Crippen LogP contribution in [0, 0.1) is 6.92 Å². The van der Waals surface area contributed by atoms with E-state index < -0.39 is 0 Å².